The summed E-state index contributed by atoms with van der Waals surface area (Å²) in [5, 5.41) is 3.36. The van der Waals surface area contributed by atoms with Gasteiger partial charge in [-0.25, -0.2) is 0 Å². The highest BCUT2D eigenvalue weighted by Crippen LogP contribution is 2.33. The number of hydrogen-bond donors (Lipinski definition) is 1. The molecule has 4 heteroatoms. The van der Waals surface area contributed by atoms with Crippen LogP contribution in [0.4, 0.5) is 0 Å². The second kappa shape index (κ2) is 6.59. The number of nitrogens with zero attached hydrogens (tertiary/aromatic N) is 1. The lowest BCUT2D eigenvalue weighted by molar-refractivity contribution is 0.200. The van der Waals surface area contributed by atoms with Crippen LogP contribution in [0.15, 0.2) is 30.9 Å². The zero-order chi connectivity index (χ0) is 13.7. The second-order valence-corrected chi connectivity index (χ2v) is 4.57. The van der Waals surface area contributed by atoms with E-state index >= 15 is 0 Å². The number of piperazine rings is 1. The molecule has 0 bridgehead atoms. The van der Waals surface area contributed by atoms with E-state index in [2.05, 4.69) is 22.9 Å². The van der Waals surface area contributed by atoms with Crippen molar-refractivity contribution in [2.24, 2.45) is 0 Å². The van der Waals surface area contributed by atoms with Crippen LogP contribution in [0, 0.1) is 0 Å². The van der Waals surface area contributed by atoms with Gasteiger partial charge in [0.05, 0.1) is 20.3 Å². The van der Waals surface area contributed by atoms with Crippen molar-refractivity contribution in [1.29, 1.82) is 0 Å². The molecule has 0 unspecified atom stereocenters. The van der Waals surface area contributed by atoms with Gasteiger partial charge >= 0.3 is 0 Å². The smallest absolute Gasteiger partial charge is 0.127 e. The molecule has 19 heavy (non-hydrogen) atoms. The lowest BCUT2D eigenvalue weighted by Gasteiger charge is -2.34. The molecular weight excluding hydrogens is 240 g/mol. The highest BCUT2D eigenvalue weighted by molar-refractivity contribution is 5.43. The van der Waals surface area contributed by atoms with Crippen LogP contribution >= 0.6 is 0 Å². The second-order valence-electron chi connectivity index (χ2n) is 4.57. The van der Waals surface area contributed by atoms with Crippen LogP contribution in [0.2, 0.25) is 0 Å². The van der Waals surface area contributed by atoms with Crippen molar-refractivity contribution in [2.45, 2.75) is 6.04 Å². The molecule has 0 saturated carbocycles. The quantitative estimate of drug-likeness (QED) is 0.821. The monoisotopic (exact) mass is 262 g/mol. The Hall–Kier alpha value is -1.52. The largest absolute Gasteiger partial charge is 0.497 e. The topological polar surface area (TPSA) is 33.7 Å². The Morgan fingerprint density at radius 2 is 2.00 bits per heavy atom. The fourth-order valence-electron chi connectivity index (χ4n) is 2.50. The molecule has 2 rings (SSSR count). The highest BCUT2D eigenvalue weighted by atomic mass is 16.5. The predicted octanol–water partition coefficient (Wildman–Crippen LogP) is 1.84. The molecule has 1 heterocycles. The molecule has 4 nitrogen and oxygen atoms in total. The normalized spacial score (nSPS) is 17.8. The molecule has 0 amide bonds. The third kappa shape index (κ3) is 3.08. The summed E-state index contributed by atoms with van der Waals surface area (Å²) in [7, 11) is 3.35. The molecule has 0 aromatic heterocycles. The van der Waals surface area contributed by atoms with Gasteiger partial charge in [0, 0.05) is 37.8 Å². The van der Waals surface area contributed by atoms with Gasteiger partial charge in [0.15, 0.2) is 0 Å². The third-order valence-electron chi connectivity index (χ3n) is 3.53. The first-order valence-corrected chi connectivity index (χ1v) is 6.59. The van der Waals surface area contributed by atoms with Crippen molar-refractivity contribution in [1.82, 2.24) is 10.2 Å². The van der Waals surface area contributed by atoms with Gasteiger partial charge in [-0.2, -0.15) is 0 Å². The Morgan fingerprint density at radius 1 is 1.26 bits per heavy atom. The molecule has 1 saturated heterocycles. The highest BCUT2D eigenvalue weighted by Gasteiger charge is 2.22. The Kier molecular flexibility index (Phi) is 4.82. The molecular formula is C15H22N2O2. The van der Waals surface area contributed by atoms with Crippen LogP contribution in [-0.4, -0.2) is 45.3 Å². The fourth-order valence-corrected chi connectivity index (χ4v) is 2.50. The number of benzene rings is 1. The minimum atomic E-state index is 0.183. The number of hydrogen-bond acceptors (Lipinski definition) is 4. The van der Waals surface area contributed by atoms with Gasteiger partial charge in [0.1, 0.15) is 11.5 Å². The van der Waals surface area contributed by atoms with E-state index in [1.165, 1.54) is 0 Å². The number of rotatable bonds is 5. The first kappa shape index (κ1) is 13.9. The fraction of sp³-hybridized carbons (Fsp3) is 0.467. The molecule has 1 aliphatic heterocycles. The summed E-state index contributed by atoms with van der Waals surface area (Å²) in [4.78, 5) is 2.41. The van der Waals surface area contributed by atoms with E-state index in [1.807, 2.05) is 18.2 Å². The maximum atomic E-state index is 5.49. The summed E-state index contributed by atoms with van der Waals surface area (Å²) in [5.41, 5.74) is 1.14. The molecule has 1 atom stereocenters. The van der Waals surface area contributed by atoms with Crippen molar-refractivity contribution in [3.63, 3.8) is 0 Å². The number of ether oxygens (including phenoxy) is 2. The van der Waals surface area contributed by atoms with Gasteiger partial charge in [-0.05, 0) is 12.1 Å². The van der Waals surface area contributed by atoms with Gasteiger partial charge in [-0.15, -0.1) is 6.58 Å². The van der Waals surface area contributed by atoms with Gasteiger partial charge in [-0.3, -0.25) is 4.90 Å². The Labute approximate surface area is 115 Å². The number of nitrogens with one attached hydrogen (secondary N) is 1. The molecule has 1 aliphatic rings. The van der Waals surface area contributed by atoms with Gasteiger partial charge in [-0.1, -0.05) is 6.08 Å². The van der Waals surface area contributed by atoms with Crippen LogP contribution in [0.3, 0.4) is 0 Å². The molecule has 1 fully saturated rings. The third-order valence-corrected chi connectivity index (χ3v) is 3.53. The van der Waals surface area contributed by atoms with Gasteiger partial charge < -0.3 is 14.8 Å². The molecule has 0 aliphatic carbocycles. The zero-order valence-corrected chi connectivity index (χ0v) is 11.7. The van der Waals surface area contributed by atoms with E-state index in [-0.39, 0.29) is 6.04 Å². The maximum Gasteiger partial charge on any atom is 0.127 e. The summed E-state index contributed by atoms with van der Waals surface area (Å²) in [5.74, 6) is 1.66. The average molecular weight is 262 g/mol. The van der Waals surface area contributed by atoms with Crippen molar-refractivity contribution in [2.75, 3.05) is 40.4 Å². The molecule has 0 radical (unpaired) electrons. The summed E-state index contributed by atoms with van der Waals surface area (Å²) in [6.45, 7) is 8.05. The Bertz CT molecular complexity index is 428. The SMILES string of the molecule is C=C[C@@H](c1ccc(OC)cc1OC)N1CCNCC1. The molecule has 1 N–H and O–H groups in total. The number of methoxy groups -OCH3 is 2. The van der Waals surface area contributed by atoms with Crippen LogP contribution < -0.4 is 14.8 Å². The summed E-state index contributed by atoms with van der Waals surface area (Å²) in [6, 6.07) is 6.14. The average Bonchev–Trinajstić information content (AvgIpc) is 2.49. The lowest BCUT2D eigenvalue weighted by Crippen LogP contribution is -2.44. The van der Waals surface area contributed by atoms with Crippen molar-refractivity contribution >= 4 is 0 Å². The van der Waals surface area contributed by atoms with Gasteiger partial charge in [0.25, 0.3) is 0 Å². The van der Waals surface area contributed by atoms with Gasteiger partial charge in [0.2, 0.25) is 0 Å². The molecule has 1 aromatic rings. The van der Waals surface area contributed by atoms with E-state index in [4.69, 9.17) is 9.47 Å². The van der Waals surface area contributed by atoms with Crippen molar-refractivity contribution in [3.05, 3.63) is 36.4 Å². The maximum absolute atomic E-state index is 5.49. The summed E-state index contributed by atoms with van der Waals surface area (Å²) < 4.78 is 10.7. The zero-order valence-electron chi connectivity index (χ0n) is 11.7. The Morgan fingerprint density at radius 3 is 2.58 bits per heavy atom. The van der Waals surface area contributed by atoms with E-state index in [0.29, 0.717) is 0 Å². The van der Waals surface area contributed by atoms with Crippen LogP contribution in [-0.2, 0) is 0 Å². The predicted molar refractivity (Wildman–Crippen MR) is 76.9 cm³/mol. The summed E-state index contributed by atoms with van der Waals surface area (Å²) >= 11 is 0. The Balaban J connectivity index is 2.28. The van der Waals surface area contributed by atoms with Crippen molar-refractivity contribution in [3.8, 4) is 11.5 Å². The standard InChI is InChI=1S/C15H22N2O2/c1-4-14(17-9-7-16-8-10-17)13-6-5-12(18-2)11-15(13)19-3/h4-6,11,14,16H,1,7-10H2,2-3H3/t14-/m0/s1. The minimum absolute atomic E-state index is 0.183. The first-order chi connectivity index (χ1) is 9.30. The summed E-state index contributed by atoms with van der Waals surface area (Å²) in [6.07, 6.45) is 1.98. The lowest BCUT2D eigenvalue weighted by atomic mass is 10.0. The van der Waals surface area contributed by atoms with E-state index in [0.717, 1.165) is 43.2 Å². The minimum Gasteiger partial charge on any atom is -0.497 e. The molecule has 0 spiro atoms. The van der Waals surface area contributed by atoms with E-state index in [9.17, 15) is 0 Å². The van der Waals surface area contributed by atoms with Crippen molar-refractivity contribution < 1.29 is 9.47 Å². The van der Waals surface area contributed by atoms with Crippen LogP contribution in [0.1, 0.15) is 11.6 Å². The molecule has 104 valence electrons. The van der Waals surface area contributed by atoms with E-state index in [1.54, 1.807) is 14.2 Å². The van der Waals surface area contributed by atoms with E-state index < -0.39 is 0 Å². The van der Waals surface area contributed by atoms with Crippen LogP contribution in [0.25, 0.3) is 0 Å². The first-order valence-electron chi connectivity index (χ1n) is 6.59. The van der Waals surface area contributed by atoms with Crippen LogP contribution in [0.5, 0.6) is 11.5 Å². The molecule has 1 aromatic carbocycles.